The Balaban J connectivity index is 1.18. The summed E-state index contributed by atoms with van der Waals surface area (Å²) in [6.07, 6.45) is 3.88. The molecule has 5 rings (SSSR count). The Hall–Kier alpha value is -3.26. The molecule has 12 nitrogen and oxygen atoms in total. The molecule has 1 fully saturated rings. The molecular formula is C28H36BrN7O5S. The standard InChI is InChI=1S/C28H36BrN7O5S/c1-16(34(5)27(38)41-28(2,3)4)25(37)35-9-6-17(7-10-35)8-11-36-14-31-23(30)22-24(36)33-26(32-22)42-21-13-20-19(12-18(21)29)39-15-40-20/h12-14,16-17H,6-11,15,30H2,1-5H3/t16-/m0/s1. The molecule has 0 aliphatic carbocycles. The van der Waals surface area contributed by atoms with Crippen LogP contribution in [-0.2, 0) is 16.1 Å². The lowest BCUT2D eigenvalue weighted by Crippen LogP contribution is -2.50. The zero-order valence-corrected chi connectivity index (χ0v) is 26.8. The summed E-state index contributed by atoms with van der Waals surface area (Å²) < 4.78 is 19.2. The Morgan fingerprint density at radius 1 is 1.21 bits per heavy atom. The molecule has 4 aliphatic heterocycles. The van der Waals surface area contributed by atoms with Gasteiger partial charge in [-0.15, -0.1) is 0 Å². The van der Waals surface area contributed by atoms with Gasteiger partial charge in [0.2, 0.25) is 12.7 Å². The number of imidazole rings is 1. The topological polar surface area (TPSA) is 138 Å². The van der Waals surface area contributed by atoms with Gasteiger partial charge in [0.1, 0.15) is 11.6 Å². The maximum Gasteiger partial charge on any atom is 0.410 e. The fraction of sp³-hybridized carbons (Fsp3) is 0.536. The molecule has 0 radical (unpaired) electrons. The molecule has 2 amide bonds. The number of carbonyl (C=O) groups excluding carboxylic acids is 2. The van der Waals surface area contributed by atoms with Crippen LogP contribution >= 0.6 is 27.7 Å². The quantitative estimate of drug-likeness (QED) is 0.372. The van der Waals surface area contributed by atoms with Gasteiger partial charge in [0.25, 0.3) is 0 Å². The molecule has 4 aliphatic rings. The van der Waals surface area contributed by atoms with Crippen molar-refractivity contribution >= 4 is 45.5 Å². The van der Waals surface area contributed by atoms with Crippen molar-refractivity contribution in [1.82, 2.24) is 29.3 Å². The van der Waals surface area contributed by atoms with Crippen LogP contribution in [-0.4, -0.2) is 79.9 Å². The molecule has 1 aromatic rings. The Morgan fingerprint density at radius 2 is 1.90 bits per heavy atom. The molecule has 1 aromatic carbocycles. The minimum atomic E-state index is -0.616. The number of benzene rings is 1. The molecule has 0 spiro atoms. The summed E-state index contributed by atoms with van der Waals surface area (Å²) in [4.78, 5) is 43.4. The first-order chi connectivity index (χ1) is 19.9. The van der Waals surface area contributed by atoms with Crippen LogP contribution in [0.3, 0.4) is 0 Å². The van der Waals surface area contributed by atoms with Crippen molar-refractivity contribution in [3.05, 3.63) is 22.9 Å². The molecule has 1 atom stereocenters. The van der Waals surface area contributed by atoms with Crippen molar-refractivity contribution in [2.45, 2.75) is 75.2 Å². The number of aryl methyl sites for hydroxylation is 1. The fourth-order valence-electron chi connectivity index (χ4n) is 4.90. The highest BCUT2D eigenvalue weighted by molar-refractivity contribution is 9.10. The van der Waals surface area contributed by atoms with E-state index in [2.05, 4.69) is 25.9 Å². The maximum atomic E-state index is 13.1. The third-order valence-electron chi connectivity index (χ3n) is 7.42. The van der Waals surface area contributed by atoms with E-state index in [0.717, 1.165) is 28.6 Å². The van der Waals surface area contributed by atoms with Gasteiger partial charge in [-0.3, -0.25) is 9.69 Å². The van der Waals surface area contributed by atoms with Crippen molar-refractivity contribution in [3.63, 3.8) is 0 Å². The van der Waals surface area contributed by atoms with Crippen LogP contribution in [0.25, 0.3) is 11.5 Å². The Kier molecular flexibility index (Phi) is 8.74. The lowest BCUT2D eigenvalue weighted by Gasteiger charge is -2.36. The number of nitrogens with zero attached hydrogens (tertiary/aromatic N) is 6. The van der Waals surface area contributed by atoms with Crippen LogP contribution in [0, 0.1) is 5.92 Å². The van der Waals surface area contributed by atoms with Crippen molar-refractivity contribution < 1.29 is 23.8 Å². The lowest BCUT2D eigenvalue weighted by atomic mass is 9.93. The van der Waals surface area contributed by atoms with Gasteiger partial charge in [0, 0.05) is 36.1 Å². The SMILES string of the molecule is C[C@@H](C(=O)N1CCC(CCn2cnc(N)c3nc(Sc4cc5c(cc4Br)OCO5)nc2-3)CC1)N(C)C(=O)OC(C)(C)C. The van der Waals surface area contributed by atoms with Gasteiger partial charge in [-0.25, -0.2) is 19.7 Å². The molecule has 0 aromatic heterocycles. The molecule has 0 unspecified atom stereocenters. The molecule has 2 N–H and O–H groups in total. The van der Waals surface area contributed by atoms with Crippen molar-refractivity contribution in [3.8, 4) is 23.0 Å². The van der Waals surface area contributed by atoms with Crippen LogP contribution in [0.1, 0.15) is 47.0 Å². The first kappa shape index (κ1) is 30.2. The van der Waals surface area contributed by atoms with Gasteiger partial charge in [0.05, 0.1) is 6.33 Å². The molecule has 0 bridgehead atoms. The summed E-state index contributed by atoms with van der Waals surface area (Å²) in [5.41, 5.74) is 6.11. The molecule has 0 saturated carbocycles. The largest absolute Gasteiger partial charge is 0.454 e. The molecule has 4 heterocycles. The molecular weight excluding hydrogens is 626 g/mol. The number of hydrogen-bond acceptors (Lipinski definition) is 10. The van der Waals surface area contributed by atoms with E-state index < -0.39 is 17.7 Å². The van der Waals surface area contributed by atoms with E-state index in [-0.39, 0.29) is 12.7 Å². The third kappa shape index (κ3) is 6.69. The van der Waals surface area contributed by atoms with Gasteiger partial charge in [-0.05, 0) is 92.7 Å². The number of halogens is 1. The number of anilines is 1. The fourth-order valence-corrected chi connectivity index (χ4v) is 6.26. The zero-order valence-electron chi connectivity index (χ0n) is 24.4. The summed E-state index contributed by atoms with van der Waals surface area (Å²) in [5, 5.41) is 0.565. The average Bonchev–Trinajstić information content (AvgIpc) is 3.58. The number of carbonyl (C=O) groups is 2. The number of nitrogens with two attached hydrogens (primary N) is 1. The maximum absolute atomic E-state index is 13.1. The number of nitrogen functional groups attached to an aromatic ring is 1. The minimum Gasteiger partial charge on any atom is -0.454 e. The normalized spacial score (nSPS) is 16.1. The van der Waals surface area contributed by atoms with E-state index in [1.165, 1.54) is 16.7 Å². The summed E-state index contributed by atoms with van der Waals surface area (Å²) in [5.74, 6) is 2.78. The number of amides is 2. The predicted molar refractivity (Wildman–Crippen MR) is 161 cm³/mol. The summed E-state index contributed by atoms with van der Waals surface area (Å²) in [6, 6.07) is 3.19. The van der Waals surface area contributed by atoms with Crippen molar-refractivity contribution in [2.24, 2.45) is 5.92 Å². The number of fused-ring (bicyclic) bond motifs is 2. The van der Waals surface area contributed by atoms with Crippen LogP contribution in [0.4, 0.5) is 10.6 Å². The van der Waals surface area contributed by atoms with E-state index in [1.54, 1.807) is 20.3 Å². The second kappa shape index (κ2) is 12.2. The number of ether oxygens (including phenoxy) is 3. The average molecular weight is 663 g/mol. The van der Waals surface area contributed by atoms with Crippen molar-refractivity contribution in [2.75, 3.05) is 32.7 Å². The van der Waals surface area contributed by atoms with E-state index in [0.29, 0.717) is 59.5 Å². The second-order valence-corrected chi connectivity index (χ2v) is 13.4. The number of aromatic nitrogens is 4. The Labute approximate surface area is 257 Å². The van der Waals surface area contributed by atoms with Gasteiger partial charge >= 0.3 is 6.09 Å². The van der Waals surface area contributed by atoms with Crippen LogP contribution in [0.5, 0.6) is 11.5 Å². The van der Waals surface area contributed by atoms with Crippen LogP contribution in [0.15, 0.2) is 33.0 Å². The Morgan fingerprint density at radius 3 is 2.60 bits per heavy atom. The van der Waals surface area contributed by atoms with E-state index in [1.807, 2.05) is 42.4 Å². The summed E-state index contributed by atoms with van der Waals surface area (Å²) >= 11 is 5.00. The minimum absolute atomic E-state index is 0.0631. The monoisotopic (exact) mass is 661 g/mol. The first-order valence-electron chi connectivity index (χ1n) is 13.9. The lowest BCUT2D eigenvalue weighted by molar-refractivity contribution is -0.137. The van der Waals surface area contributed by atoms with Crippen LogP contribution in [0.2, 0.25) is 0 Å². The highest BCUT2D eigenvalue weighted by Crippen LogP contribution is 2.43. The summed E-state index contributed by atoms with van der Waals surface area (Å²) in [6.45, 7) is 9.38. The number of piperidine rings is 1. The van der Waals surface area contributed by atoms with Crippen molar-refractivity contribution in [1.29, 1.82) is 0 Å². The smallest absolute Gasteiger partial charge is 0.410 e. The number of likely N-dealkylation sites (N-methyl/N-ethyl adjacent to an activating group) is 1. The molecule has 14 heteroatoms. The van der Waals surface area contributed by atoms with E-state index in [4.69, 9.17) is 24.9 Å². The second-order valence-electron chi connectivity index (χ2n) is 11.6. The zero-order chi connectivity index (χ0) is 30.2. The van der Waals surface area contributed by atoms with Gasteiger partial charge in [0.15, 0.2) is 34.0 Å². The number of rotatable bonds is 7. The molecule has 1 saturated heterocycles. The molecule has 42 heavy (non-hydrogen) atoms. The van der Waals surface area contributed by atoms with E-state index >= 15 is 0 Å². The number of hydrogen-bond donors (Lipinski definition) is 1. The van der Waals surface area contributed by atoms with E-state index in [9.17, 15) is 9.59 Å². The first-order valence-corrected chi connectivity index (χ1v) is 15.5. The number of likely N-dealkylation sites (tertiary alicyclic amines) is 1. The third-order valence-corrected chi connectivity index (χ3v) is 9.27. The Bertz CT molecular complexity index is 1440. The van der Waals surface area contributed by atoms with Gasteiger partial charge in [-0.2, -0.15) is 0 Å². The molecule has 226 valence electrons. The van der Waals surface area contributed by atoms with Gasteiger partial charge in [-0.1, -0.05) is 0 Å². The highest BCUT2D eigenvalue weighted by Gasteiger charge is 2.32. The highest BCUT2D eigenvalue weighted by atomic mass is 79.9. The predicted octanol–water partition coefficient (Wildman–Crippen LogP) is 4.89. The summed E-state index contributed by atoms with van der Waals surface area (Å²) in [7, 11) is 1.60. The van der Waals surface area contributed by atoms with Gasteiger partial charge < -0.3 is 29.4 Å². The van der Waals surface area contributed by atoms with Crippen LogP contribution < -0.4 is 15.2 Å².